The second kappa shape index (κ2) is 11.6. The molecule has 1 aromatic heterocycles. The van der Waals surface area contributed by atoms with E-state index in [1.165, 1.54) is 12.7 Å². The van der Waals surface area contributed by atoms with E-state index in [1.54, 1.807) is 11.4 Å². The second-order valence-electron chi connectivity index (χ2n) is 10.9. The quantitative estimate of drug-likeness (QED) is 0.259. The number of carbonyl (C=O) groups is 2. The van der Waals surface area contributed by atoms with Gasteiger partial charge in [-0.3, -0.25) is 13.9 Å². The van der Waals surface area contributed by atoms with Crippen molar-refractivity contribution in [1.29, 1.82) is 0 Å². The number of hydrogen-bond acceptors (Lipinski definition) is 6. The van der Waals surface area contributed by atoms with E-state index in [2.05, 4.69) is 43.4 Å². The van der Waals surface area contributed by atoms with Gasteiger partial charge in [0.15, 0.2) is 0 Å². The Morgan fingerprint density at radius 3 is 2.36 bits per heavy atom. The minimum atomic E-state index is -0.627. The van der Waals surface area contributed by atoms with Gasteiger partial charge in [-0.25, -0.2) is 0 Å². The molecule has 2 unspecified atom stereocenters. The van der Waals surface area contributed by atoms with E-state index in [9.17, 15) is 9.59 Å². The number of benzene rings is 2. The molecule has 0 spiro atoms. The zero-order valence-electron chi connectivity index (χ0n) is 23.9. The van der Waals surface area contributed by atoms with Gasteiger partial charge in [-0.2, -0.15) is 0 Å². The molecule has 2 heterocycles. The Hall–Kier alpha value is -2.97. The van der Waals surface area contributed by atoms with Crippen LogP contribution in [0.5, 0.6) is 5.75 Å². The van der Waals surface area contributed by atoms with Crippen LogP contribution in [-0.4, -0.2) is 49.1 Å². The van der Waals surface area contributed by atoms with Gasteiger partial charge in [-0.15, -0.1) is 0 Å². The monoisotopic (exact) mass is 551 g/mol. The van der Waals surface area contributed by atoms with Gasteiger partial charge in [-0.05, 0) is 80.7 Å². The number of primary amides is 1. The summed E-state index contributed by atoms with van der Waals surface area (Å²) in [5.41, 5.74) is 11.2. The molecule has 0 bridgehead atoms. The minimum Gasteiger partial charge on any atom is -0.497 e. The van der Waals surface area contributed by atoms with Gasteiger partial charge in [-0.1, -0.05) is 45.6 Å². The normalized spacial score (nSPS) is 18.9. The van der Waals surface area contributed by atoms with Crippen LogP contribution in [0.15, 0.2) is 36.4 Å². The molecule has 1 fully saturated rings. The van der Waals surface area contributed by atoms with E-state index in [0.29, 0.717) is 18.0 Å². The first-order chi connectivity index (χ1) is 18.6. The van der Waals surface area contributed by atoms with Gasteiger partial charge in [0.25, 0.3) is 0 Å². The highest BCUT2D eigenvalue weighted by molar-refractivity contribution is 7.77. The summed E-state index contributed by atoms with van der Waals surface area (Å²) < 4.78 is 14.9. The average Bonchev–Trinajstić information content (AvgIpc) is 3.57. The van der Waals surface area contributed by atoms with E-state index in [0.717, 1.165) is 65.6 Å². The van der Waals surface area contributed by atoms with Gasteiger partial charge in [0.2, 0.25) is 5.91 Å². The van der Waals surface area contributed by atoms with E-state index in [4.69, 9.17) is 15.2 Å². The lowest BCUT2D eigenvalue weighted by atomic mass is 9.85. The Kier molecular flexibility index (Phi) is 8.66. The second-order valence-corrected chi connectivity index (χ2v) is 11.7. The van der Waals surface area contributed by atoms with Gasteiger partial charge < -0.3 is 19.8 Å². The van der Waals surface area contributed by atoms with Gasteiger partial charge >= 0.3 is 5.97 Å². The number of thiol groups is 1. The van der Waals surface area contributed by atoms with Crippen LogP contribution in [0.4, 0.5) is 0 Å². The third kappa shape index (κ3) is 5.29. The molecule has 5 rings (SSSR count). The third-order valence-corrected chi connectivity index (χ3v) is 8.07. The number of rotatable bonds is 8. The van der Waals surface area contributed by atoms with Crippen molar-refractivity contribution in [3.63, 3.8) is 0 Å². The molecular weight excluding hydrogens is 510 g/mol. The fraction of sp³-hybridized carbons (Fsp3) is 0.484. The summed E-state index contributed by atoms with van der Waals surface area (Å²) in [4.78, 5) is 25.3. The first-order valence-electron chi connectivity index (χ1n) is 13.7. The molecule has 1 aliphatic heterocycles. The van der Waals surface area contributed by atoms with Crippen molar-refractivity contribution >= 4 is 35.6 Å². The lowest BCUT2D eigenvalue weighted by molar-refractivity contribution is -0.147. The zero-order valence-corrected chi connectivity index (χ0v) is 24.8. The Bertz CT molecular complexity index is 1370. The molecule has 1 saturated carbocycles. The van der Waals surface area contributed by atoms with Crippen LogP contribution < -0.4 is 10.5 Å². The maximum absolute atomic E-state index is 13.2. The summed E-state index contributed by atoms with van der Waals surface area (Å²) in [5, 5.41) is 1.14. The molecule has 0 saturated heterocycles. The van der Waals surface area contributed by atoms with E-state index in [1.807, 2.05) is 38.4 Å². The Morgan fingerprint density at radius 1 is 1.13 bits per heavy atom. The summed E-state index contributed by atoms with van der Waals surface area (Å²) in [6.07, 6.45) is 5.06. The van der Waals surface area contributed by atoms with Crippen LogP contribution in [0.2, 0.25) is 0 Å². The standard InChI is InChI=1S/C29H34N2O4.C2H7NS/c1-5-7-17(8-6-2)25-21-11-9-18(27(30)32)13-24(21)31-16-29(28(33)35-4)15-23(29)22-14-19(34-3)10-12-20(22)26(25)31;1-3(2)4/h9-14,17,23H,5-8,15-16H2,1-4H3,(H2,30,32);4H,1-2H3. The Balaban J connectivity index is 0.000000826. The summed E-state index contributed by atoms with van der Waals surface area (Å²) >= 11 is 3.80. The molecule has 2 atom stereocenters. The van der Waals surface area contributed by atoms with Crippen molar-refractivity contribution in [3.05, 3.63) is 53.1 Å². The maximum Gasteiger partial charge on any atom is 0.314 e. The number of amides is 1. The molecule has 2 aromatic carbocycles. The van der Waals surface area contributed by atoms with Crippen molar-refractivity contribution in [1.82, 2.24) is 8.87 Å². The summed E-state index contributed by atoms with van der Waals surface area (Å²) in [6.45, 7) is 4.97. The van der Waals surface area contributed by atoms with E-state index in [-0.39, 0.29) is 11.9 Å². The fourth-order valence-electron chi connectivity index (χ4n) is 6.36. The summed E-state index contributed by atoms with van der Waals surface area (Å²) in [6, 6.07) is 12.0. The number of esters is 1. The molecule has 0 radical (unpaired) electrons. The number of fused-ring (bicyclic) bond motifs is 7. The predicted octanol–water partition coefficient (Wildman–Crippen LogP) is 6.15. The van der Waals surface area contributed by atoms with Crippen molar-refractivity contribution < 1.29 is 19.1 Å². The van der Waals surface area contributed by atoms with E-state index < -0.39 is 11.3 Å². The van der Waals surface area contributed by atoms with Crippen LogP contribution >= 0.6 is 12.8 Å². The molecule has 1 amide bonds. The van der Waals surface area contributed by atoms with Crippen LogP contribution in [0.3, 0.4) is 0 Å². The van der Waals surface area contributed by atoms with Crippen molar-refractivity contribution in [2.24, 2.45) is 11.1 Å². The molecule has 3 aromatic rings. The topological polar surface area (TPSA) is 86.8 Å². The van der Waals surface area contributed by atoms with Crippen molar-refractivity contribution in [3.8, 4) is 17.0 Å². The Labute approximate surface area is 237 Å². The summed E-state index contributed by atoms with van der Waals surface area (Å²) in [7, 11) is 6.87. The van der Waals surface area contributed by atoms with E-state index >= 15 is 0 Å². The number of nitrogens with zero attached hydrogens (tertiary/aromatic N) is 2. The smallest absolute Gasteiger partial charge is 0.314 e. The van der Waals surface area contributed by atoms with Crippen LogP contribution in [0.1, 0.15) is 79.3 Å². The average molecular weight is 552 g/mol. The number of aromatic nitrogens is 1. The largest absolute Gasteiger partial charge is 0.497 e. The number of methoxy groups -OCH3 is 2. The van der Waals surface area contributed by atoms with Crippen LogP contribution in [-0.2, 0) is 16.1 Å². The SMILES string of the molecule is CCCC(CCC)c1c2n(c3cc(C(N)=O)ccc13)CC1(C(=O)OC)CC1c1cc(OC)ccc1-2.CN(C)S. The maximum atomic E-state index is 13.2. The first kappa shape index (κ1) is 29.0. The van der Waals surface area contributed by atoms with Crippen molar-refractivity contribution in [2.75, 3.05) is 28.3 Å². The van der Waals surface area contributed by atoms with Crippen LogP contribution in [0, 0.1) is 5.41 Å². The molecule has 1 aliphatic carbocycles. The number of ether oxygens (including phenoxy) is 2. The molecule has 210 valence electrons. The Morgan fingerprint density at radius 2 is 1.79 bits per heavy atom. The molecular formula is C31H41N3O4S. The lowest BCUT2D eigenvalue weighted by Crippen LogP contribution is -2.24. The van der Waals surface area contributed by atoms with Crippen molar-refractivity contribution in [2.45, 2.75) is 64.3 Å². The predicted molar refractivity (Wildman–Crippen MR) is 159 cm³/mol. The lowest BCUT2D eigenvalue weighted by Gasteiger charge is -2.20. The summed E-state index contributed by atoms with van der Waals surface area (Å²) in [5.74, 6) is 0.598. The van der Waals surface area contributed by atoms with Gasteiger partial charge in [0, 0.05) is 34.5 Å². The minimum absolute atomic E-state index is 0.0676. The highest BCUT2D eigenvalue weighted by atomic mass is 32.1. The third-order valence-electron chi connectivity index (χ3n) is 8.07. The van der Waals surface area contributed by atoms with Crippen LogP contribution in [0.25, 0.3) is 22.2 Å². The van der Waals surface area contributed by atoms with Gasteiger partial charge in [0.1, 0.15) is 5.75 Å². The molecule has 7 nitrogen and oxygen atoms in total. The van der Waals surface area contributed by atoms with Gasteiger partial charge in [0.05, 0.1) is 25.3 Å². The number of carbonyl (C=O) groups excluding carboxylic acids is 2. The molecule has 39 heavy (non-hydrogen) atoms. The fourth-order valence-corrected chi connectivity index (χ4v) is 6.36. The highest BCUT2D eigenvalue weighted by Gasteiger charge is 2.63. The molecule has 8 heteroatoms. The zero-order chi connectivity index (χ0) is 28.5. The number of nitrogens with two attached hydrogens (primary N) is 1. The number of hydrogen-bond donors (Lipinski definition) is 2. The highest BCUT2D eigenvalue weighted by Crippen LogP contribution is 2.65. The first-order valence-corrected chi connectivity index (χ1v) is 14.1. The molecule has 2 N–H and O–H groups in total. The molecule has 2 aliphatic rings.